The summed E-state index contributed by atoms with van der Waals surface area (Å²) in [5.41, 5.74) is 0. The van der Waals surface area contributed by atoms with E-state index < -0.39 is 0 Å². The maximum atomic E-state index is 4.50. The van der Waals surface area contributed by atoms with E-state index in [1.807, 2.05) is 6.20 Å². The molecule has 0 radical (unpaired) electrons. The highest BCUT2D eigenvalue weighted by molar-refractivity contribution is 7.99. The molecule has 1 N–H and O–H groups in total. The Morgan fingerprint density at radius 3 is 2.88 bits per heavy atom. The molecule has 1 saturated heterocycles. The maximum absolute atomic E-state index is 4.50. The van der Waals surface area contributed by atoms with Gasteiger partial charge in [0.15, 0.2) is 0 Å². The molecule has 0 aromatic carbocycles. The first-order valence-corrected chi connectivity index (χ1v) is 7.96. The zero-order chi connectivity index (χ0) is 11.5. The van der Waals surface area contributed by atoms with E-state index in [1.165, 1.54) is 50.0 Å². The number of anilines is 1. The molecule has 3 nitrogen and oxygen atoms in total. The molecule has 2 heterocycles. The molecular weight excluding hydrogens is 230 g/mol. The fraction of sp³-hybridized carbons (Fsp3) is 0.769. The average molecular weight is 251 g/mol. The van der Waals surface area contributed by atoms with Crippen molar-refractivity contribution in [2.24, 2.45) is 0 Å². The zero-order valence-corrected chi connectivity index (χ0v) is 11.1. The Morgan fingerprint density at radius 2 is 2.12 bits per heavy atom. The van der Waals surface area contributed by atoms with Gasteiger partial charge in [0.25, 0.3) is 0 Å². The Kier molecular flexibility index (Phi) is 3.60. The van der Waals surface area contributed by atoms with E-state index in [4.69, 9.17) is 0 Å². The van der Waals surface area contributed by atoms with Crippen LogP contribution in [0.15, 0.2) is 12.4 Å². The number of nitrogens with zero attached hydrogens (tertiary/aromatic N) is 2. The van der Waals surface area contributed by atoms with Crippen LogP contribution >= 0.6 is 11.8 Å². The number of thioether (sulfide) groups is 1. The zero-order valence-electron chi connectivity index (χ0n) is 10.3. The van der Waals surface area contributed by atoms with Gasteiger partial charge in [-0.3, -0.25) is 0 Å². The minimum Gasteiger partial charge on any atom is -0.352 e. The standard InChI is InChI=1S/C13H21N3S/c1-2-6-12(5-1)16-8-7-14-13(16)15-11-4-3-9-17-10-11/h7-8,11-12H,1-6,9-10H2,(H,14,15). The molecule has 3 rings (SSSR count). The second kappa shape index (κ2) is 5.34. The van der Waals surface area contributed by atoms with Gasteiger partial charge in [0.05, 0.1) is 0 Å². The van der Waals surface area contributed by atoms with E-state index in [-0.39, 0.29) is 0 Å². The molecular formula is C13H21N3S. The van der Waals surface area contributed by atoms with Gasteiger partial charge in [-0.05, 0) is 31.4 Å². The first-order valence-electron chi connectivity index (χ1n) is 6.80. The van der Waals surface area contributed by atoms with Crippen LogP contribution in [0.5, 0.6) is 0 Å². The smallest absolute Gasteiger partial charge is 0.203 e. The van der Waals surface area contributed by atoms with E-state index in [1.54, 1.807) is 0 Å². The topological polar surface area (TPSA) is 29.9 Å². The first kappa shape index (κ1) is 11.5. The van der Waals surface area contributed by atoms with Crippen molar-refractivity contribution in [2.45, 2.75) is 50.6 Å². The van der Waals surface area contributed by atoms with Crippen molar-refractivity contribution < 1.29 is 0 Å². The Labute approximate surface area is 107 Å². The molecule has 1 aliphatic heterocycles. The molecule has 0 bridgehead atoms. The summed E-state index contributed by atoms with van der Waals surface area (Å²) in [6.45, 7) is 0. The van der Waals surface area contributed by atoms with Crippen molar-refractivity contribution in [3.8, 4) is 0 Å². The third-order valence-corrected chi connectivity index (χ3v) is 5.10. The van der Waals surface area contributed by atoms with Crippen molar-refractivity contribution in [3.63, 3.8) is 0 Å². The summed E-state index contributed by atoms with van der Waals surface area (Å²) in [6, 6.07) is 1.31. The maximum Gasteiger partial charge on any atom is 0.203 e. The lowest BCUT2D eigenvalue weighted by Crippen LogP contribution is -2.27. The van der Waals surface area contributed by atoms with Gasteiger partial charge in [0.2, 0.25) is 5.95 Å². The van der Waals surface area contributed by atoms with Crippen LogP contribution in [0.25, 0.3) is 0 Å². The van der Waals surface area contributed by atoms with E-state index in [0.717, 1.165) is 5.95 Å². The molecule has 2 aliphatic rings. The number of rotatable bonds is 3. The Bertz CT molecular complexity index is 351. The van der Waals surface area contributed by atoms with Crippen LogP contribution in [0, 0.1) is 0 Å². The van der Waals surface area contributed by atoms with Crippen LogP contribution in [-0.4, -0.2) is 27.1 Å². The van der Waals surface area contributed by atoms with E-state index in [2.05, 4.69) is 32.8 Å². The van der Waals surface area contributed by atoms with Crippen LogP contribution in [0.3, 0.4) is 0 Å². The molecule has 2 fully saturated rings. The molecule has 1 unspecified atom stereocenters. The number of imidazole rings is 1. The van der Waals surface area contributed by atoms with E-state index >= 15 is 0 Å². The summed E-state index contributed by atoms with van der Waals surface area (Å²) in [5, 5.41) is 3.64. The molecule has 17 heavy (non-hydrogen) atoms. The molecule has 0 spiro atoms. The average Bonchev–Trinajstić information content (AvgIpc) is 3.00. The third kappa shape index (κ3) is 2.62. The summed E-state index contributed by atoms with van der Waals surface area (Å²) >= 11 is 2.06. The van der Waals surface area contributed by atoms with Gasteiger partial charge in [0.1, 0.15) is 0 Å². The number of aromatic nitrogens is 2. The summed E-state index contributed by atoms with van der Waals surface area (Å²) in [4.78, 5) is 4.50. The highest BCUT2D eigenvalue weighted by Gasteiger charge is 2.21. The van der Waals surface area contributed by atoms with Gasteiger partial charge in [0, 0.05) is 30.2 Å². The molecule has 1 atom stereocenters. The van der Waals surface area contributed by atoms with Gasteiger partial charge in [-0.1, -0.05) is 12.8 Å². The van der Waals surface area contributed by atoms with Crippen LogP contribution in [-0.2, 0) is 0 Å². The molecule has 1 saturated carbocycles. The molecule has 4 heteroatoms. The highest BCUT2D eigenvalue weighted by Crippen LogP contribution is 2.32. The molecule has 1 aliphatic carbocycles. The Hall–Kier alpha value is -0.640. The third-order valence-electron chi connectivity index (χ3n) is 3.88. The lowest BCUT2D eigenvalue weighted by molar-refractivity contribution is 0.519. The molecule has 94 valence electrons. The van der Waals surface area contributed by atoms with Gasteiger partial charge in [-0.15, -0.1) is 0 Å². The normalized spacial score (nSPS) is 26.2. The SMILES string of the molecule is c1cn(C2CCCC2)c(NC2CCCSC2)n1. The van der Waals surface area contributed by atoms with Gasteiger partial charge >= 0.3 is 0 Å². The summed E-state index contributed by atoms with van der Waals surface area (Å²) in [5.74, 6) is 3.66. The van der Waals surface area contributed by atoms with E-state index in [9.17, 15) is 0 Å². The minimum atomic E-state index is 0.622. The van der Waals surface area contributed by atoms with Crippen LogP contribution in [0.2, 0.25) is 0 Å². The van der Waals surface area contributed by atoms with Crippen molar-refractivity contribution in [3.05, 3.63) is 12.4 Å². The van der Waals surface area contributed by atoms with Crippen LogP contribution in [0.4, 0.5) is 5.95 Å². The summed E-state index contributed by atoms with van der Waals surface area (Å²) < 4.78 is 2.37. The fourth-order valence-corrected chi connectivity index (χ4v) is 4.01. The molecule has 1 aromatic heterocycles. The Balaban J connectivity index is 1.67. The van der Waals surface area contributed by atoms with Crippen LogP contribution < -0.4 is 5.32 Å². The van der Waals surface area contributed by atoms with Crippen LogP contribution in [0.1, 0.15) is 44.6 Å². The van der Waals surface area contributed by atoms with Gasteiger partial charge in [-0.2, -0.15) is 11.8 Å². The summed E-state index contributed by atoms with van der Waals surface area (Å²) in [6.07, 6.45) is 12.1. The lowest BCUT2D eigenvalue weighted by atomic mass is 10.2. The fourth-order valence-electron chi connectivity index (χ4n) is 2.94. The van der Waals surface area contributed by atoms with Crippen molar-refractivity contribution in [1.29, 1.82) is 0 Å². The Morgan fingerprint density at radius 1 is 1.24 bits per heavy atom. The monoisotopic (exact) mass is 251 g/mol. The predicted octanol–water partition coefficient (Wildman–Crippen LogP) is 3.31. The molecule has 0 amide bonds. The first-order chi connectivity index (χ1) is 8.43. The highest BCUT2D eigenvalue weighted by atomic mass is 32.2. The largest absolute Gasteiger partial charge is 0.352 e. The van der Waals surface area contributed by atoms with Crippen molar-refractivity contribution in [1.82, 2.24) is 9.55 Å². The second-order valence-electron chi connectivity index (χ2n) is 5.15. The predicted molar refractivity (Wildman–Crippen MR) is 73.7 cm³/mol. The second-order valence-corrected chi connectivity index (χ2v) is 6.30. The quantitative estimate of drug-likeness (QED) is 0.894. The minimum absolute atomic E-state index is 0.622. The van der Waals surface area contributed by atoms with Gasteiger partial charge < -0.3 is 9.88 Å². The lowest BCUT2D eigenvalue weighted by Gasteiger charge is -2.24. The molecule has 1 aromatic rings. The van der Waals surface area contributed by atoms with Gasteiger partial charge in [-0.25, -0.2) is 4.98 Å². The van der Waals surface area contributed by atoms with Crippen molar-refractivity contribution >= 4 is 17.7 Å². The number of hydrogen-bond donors (Lipinski definition) is 1. The summed E-state index contributed by atoms with van der Waals surface area (Å²) in [7, 11) is 0. The van der Waals surface area contributed by atoms with Crippen molar-refractivity contribution in [2.75, 3.05) is 16.8 Å². The number of hydrogen-bond acceptors (Lipinski definition) is 3. The van der Waals surface area contributed by atoms with E-state index in [0.29, 0.717) is 12.1 Å². The number of nitrogens with one attached hydrogen (secondary N) is 1.